The summed E-state index contributed by atoms with van der Waals surface area (Å²) in [6, 6.07) is 28.0. The van der Waals surface area contributed by atoms with Crippen molar-refractivity contribution in [2.75, 3.05) is 0 Å². The summed E-state index contributed by atoms with van der Waals surface area (Å²) in [6.07, 6.45) is 2.21. The Bertz CT molecular complexity index is 1540. The standard InChI is InChI=1S/C33H31N/c1-6-32(3)26-14-10-8-12-20(26)22-18-30-24(16-28(22)32)25-17-29-23(19-31(25)34(30)5)21-13-9-11-15-27(21)33(29,4)7-2/h8-19H,6-7H2,1-5H3/t32-,33+. The second kappa shape index (κ2) is 6.42. The zero-order chi connectivity index (χ0) is 23.4. The lowest BCUT2D eigenvalue weighted by Gasteiger charge is -2.26. The van der Waals surface area contributed by atoms with Gasteiger partial charge in [0, 0.05) is 39.7 Å². The molecule has 0 aliphatic heterocycles. The molecule has 5 aromatic rings. The third-order valence-electron chi connectivity index (χ3n) is 9.51. The van der Waals surface area contributed by atoms with E-state index in [9.17, 15) is 0 Å². The Morgan fingerprint density at radius 1 is 0.559 bits per heavy atom. The quantitative estimate of drug-likeness (QED) is 0.258. The van der Waals surface area contributed by atoms with Gasteiger partial charge in [0.25, 0.3) is 0 Å². The number of aryl methyl sites for hydroxylation is 1. The molecule has 0 unspecified atom stereocenters. The van der Waals surface area contributed by atoms with Gasteiger partial charge in [-0.25, -0.2) is 0 Å². The Hall–Kier alpha value is -3.32. The predicted octanol–water partition coefficient (Wildman–Crippen LogP) is 8.72. The number of aromatic nitrogens is 1. The van der Waals surface area contributed by atoms with Crippen LogP contribution in [0.4, 0.5) is 0 Å². The van der Waals surface area contributed by atoms with Crippen LogP contribution in [-0.2, 0) is 17.9 Å². The summed E-state index contributed by atoms with van der Waals surface area (Å²) in [5, 5.41) is 2.78. The van der Waals surface area contributed by atoms with Crippen molar-refractivity contribution in [3.63, 3.8) is 0 Å². The maximum absolute atomic E-state index is 2.52. The minimum absolute atomic E-state index is 0.0627. The van der Waals surface area contributed by atoms with E-state index >= 15 is 0 Å². The van der Waals surface area contributed by atoms with Gasteiger partial charge >= 0.3 is 0 Å². The average molecular weight is 442 g/mol. The van der Waals surface area contributed by atoms with E-state index in [1.807, 2.05) is 0 Å². The fourth-order valence-corrected chi connectivity index (χ4v) is 7.10. The summed E-state index contributed by atoms with van der Waals surface area (Å²) in [6.45, 7) is 9.51. The van der Waals surface area contributed by atoms with Crippen molar-refractivity contribution in [2.24, 2.45) is 7.05 Å². The van der Waals surface area contributed by atoms with Gasteiger partial charge in [0.15, 0.2) is 0 Å². The van der Waals surface area contributed by atoms with Crippen LogP contribution in [0.25, 0.3) is 44.1 Å². The zero-order valence-corrected chi connectivity index (χ0v) is 20.8. The lowest BCUT2D eigenvalue weighted by atomic mass is 9.77. The van der Waals surface area contributed by atoms with Crippen molar-refractivity contribution >= 4 is 21.8 Å². The number of benzene rings is 4. The highest BCUT2D eigenvalue weighted by Gasteiger charge is 2.40. The average Bonchev–Trinajstić information content (AvgIpc) is 3.41. The zero-order valence-electron chi connectivity index (χ0n) is 20.8. The molecule has 0 fully saturated rings. The molecule has 4 aromatic carbocycles. The molecule has 34 heavy (non-hydrogen) atoms. The SMILES string of the molecule is CC[C@@]1(C)c2ccccc2-c2cc3c(cc21)c1cc2c(cc1n3C)-c1ccccc1[C@@]2(C)CC. The van der Waals surface area contributed by atoms with Crippen LogP contribution in [0.15, 0.2) is 72.8 Å². The summed E-state index contributed by atoms with van der Waals surface area (Å²) in [4.78, 5) is 0. The Kier molecular flexibility index (Phi) is 3.79. The molecule has 1 heteroatoms. The molecule has 168 valence electrons. The van der Waals surface area contributed by atoms with E-state index in [4.69, 9.17) is 0 Å². The van der Waals surface area contributed by atoms with Gasteiger partial charge in [0.2, 0.25) is 0 Å². The van der Waals surface area contributed by atoms with E-state index in [2.05, 4.69) is 112 Å². The molecular formula is C33H31N. The molecule has 1 aromatic heterocycles. The summed E-state index contributed by atoms with van der Waals surface area (Å²) in [5.41, 5.74) is 14.3. The van der Waals surface area contributed by atoms with Crippen LogP contribution < -0.4 is 0 Å². The van der Waals surface area contributed by atoms with E-state index in [1.54, 1.807) is 0 Å². The molecule has 0 saturated carbocycles. The first-order valence-electron chi connectivity index (χ1n) is 12.7. The summed E-state index contributed by atoms with van der Waals surface area (Å²) in [5.74, 6) is 0. The summed E-state index contributed by atoms with van der Waals surface area (Å²) < 4.78 is 2.42. The fraction of sp³-hybridized carbons (Fsp3) is 0.273. The highest BCUT2D eigenvalue weighted by Crippen LogP contribution is 2.54. The second-order valence-electron chi connectivity index (χ2n) is 10.9. The number of nitrogens with zero attached hydrogens (tertiary/aromatic N) is 1. The predicted molar refractivity (Wildman–Crippen MR) is 145 cm³/mol. The first-order chi connectivity index (χ1) is 16.4. The highest BCUT2D eigenvalue weighted by atomic mass is 14.9. The summed E-state index contributed by atoms with van der Waals surface area (Å²) >= 11 is 0. The molecule has 2 aliphatic carbocycles. The van der Waals surface area contributed by atoms with Crippen LogP contribution in [0.2, 0.25) is 0 Å². The van der Waals surface area contributed by atoms with Crippen LogP contribution in [0.3, 0.4) is 0 Å². The van der Waals surface area contributed by atoms with Crippen molar-refractivity contribution in [3.05, 3.63) is 95.1 Å². The maximum Gasteiger partial charge on any atom is 0.0495 e. The molecule has 0 N–H and O–H groups in total. The minimum atomic E-state index is 0.0627. The van der Waals surface area contributed by atoms with Crippen molar-refractivity contribution in [1.82, 2.24) is 4.57 Å². The van der Waals surface area contributed by atoms with E-state index in [1.165, 1.54) is 66.3 Å². The molecule has 1 heterocycles. The second-order valence-corrected chi connectivity index (χ2v) is 10.9. The van der Waals surface area contributed by atoms with Crippen LogP contribution in [0, 0.1) is 0 Å². The van der Waals surface area contributed by atoms with Crippen LogP contribution in [0.1, 0.15) is 62.8 Å². The largest absolute Gasteiger partial charge is 0.344 e. The highest BCUT2D eigenvalue weighted by molar-refractivity contribution is 6.12. The van der Waals surface area contributed by atoms with Gasteiger partial charge in [-0.05, 0) is 81.6 Å². The Balaban J connectivity index is 1.58. The molecule has 0 bridgehead atoms. The number of hydrogen-bond donors (Lipinski definition) is 0. The van der Waals surface area contributed by atoms with Crippen molar-refractivity contribution in [3.8, 4) is 22.3 Å². The normalized spacial score (nSPS) is 22.1. The third kappa shape index (κ3) is 2.17. The summed E-state index contributed by atoms with van der Waals surface area (Å²) in [7, 11) is 2.24. The topological polar surface area (TPSA) is 4.93 Å². The molecule has 2 atom stereocenters. The first kappa shape index (κ1) is 20.1. The Morgan fingerprint density at radius 3 is 1.38 bits per heavy atom. The Labute approximate surface area is 202 Å². The molecular weight excluding hydrogens is 410 g/mol. The monoisotopic (exact) mass is 441 g/mol. The van der Waals surface area contributed by atoms with Gasteiger partial charge in [-0.2, -0.15) is 0 Å². The minimum Gasteiger partial charge on any atom is -0.344 e. The lowest BCUT2D eigenvalue weighted by Crippen LogP contribution is -2.19. The van der Waals surface area contributed by atoms with Crippen LogP contribution in [0.5, 0.6) is 0 Å². The van der Waals surface area contributed by atoms with Crippen molar-refractivity contribution in [1.29, 1.82) is 0 Å². The van der Waals surface area contributed by atoms with E-state index in [0.717, 1.165) is 12.8 Å². The maximum atomic E-state index is 2.52. The fourth-order valence-electron chi connectivity index (χ4n) is 7.10. The molecule has 0 saturated heterocycles. The van der Waals surface area contributed by atoms with E-state index in [-0.39, 0.29) is 10.8 Å². The number of fused-ring (bicyclic) bond motifs is 9. The molecule has 2 aliphatic rings. The lowest BCUT2D eigenvalue weighted by molar-refractivity contribution is 0.565. The number of hydrogen-bond acceptors (Lipinski definition) is 0. The van der Waals surface area contributed by atoms with Gasteiger partial charge < -0.3 is 4.57 Å². The van der Waals surface area contributed by atoms with Crippen molar-refractivity contribution in [2.45, 2.75) is 51.4 Å². The van der Waals surface area contributed by atoms with Gasteiger partial charge in [0.05, 0.1) is 0 Å². The van der Waals surface area contributed by atoms with Gasteiger partial charge in [-0.1, -0.05) is 76.2 Å². The number of rotatable bonds is 2. The van der Waals surface area contributed by atoms with Gasteiger partial charge in [0.1, 0.15) is 0 Å². The smallest absolute Gasteiger partial charge is 0.0495 e. The van der Waals surface area contributed by atoms with E-state index in [0.29, 0.717) is 0 Å². The van der Waals surface area contributed by atoms with Gasteiger partial charge in [-0.15, -0.1) is 0 Å². The van der Waals surface area contributed by atoms with Crippen LogP contribution >= 0.6 is 0 Å². The van der Waals surface area contributed by atoms with Gasteiger partial charge in [-0.3, -0.25) is 0 Å². The van der Waals surface area contributed by atoms with E-state index < -0.39 is 0 Å². The Morgan fingerprint density at radius 2 is 0.971 bits per heavy atom. The molecule has 0 radical (unpaired) electrons. The molecule has 1 nitrogen and oxygen atoms in total. The molecule has 0 spiro atoms. The van der Waals surface area contributed by atoms with Crippen LogP contribution in [-0.4, -0.2) is 4.57 Å². The first-order valence-corrected chi connectivity index (χ1v) is 12.7. The molecule has 7 rings (SSSR count). The third-order valence-corrected chi connectivity index (χ3v) is 9.51. The molecule has 0 amide bonds. The van der Waals surface area contributed by atoms with Crippen molar-refractivity contribution < 1.29 is 0 Å².